The van der Waals surface area contributed by atoms with Crippen molar-refractivity contribution in [3.8, 4) is 0 Å². The summed E-state index contributed by atoms with van der Waals surface area (Å²) in [5, 5.41) is 0. The summed E-state index contributed by atoms with van der Waals surface area (Å²) >= 11 is 5.25. The van der Waals surface area contributed by atoms with Crippen LogP contribution in [-0.2, 0) is 21.8 Å². The Hall–Kier alpha value is -0.620. The first-order valence-electron chi connectivity index (χ1n) is 5.84. The SMILES string of the molecule is CC(C)(C)c1c[nH]c(=S)n1CC(C)(C)S(C)(=O)=O. The minimum absolute atomic E-state index is 0.0822. The van der Waals surface area contributed by atoms with Gasteiger partial charge < -0.3 is 9.55 Å². The number of aromatic nitrogens is 2. The Balaban J connectivity index is 3.30. The van der Waals surface area contributed by atoms with Crippen LogP contribution in [0.5, 0.6) is 0 Å². The second kappa shape index (κ2) is 4.49. The molecule has 0 aliphatic rings. The molecule has 0 amide bonds. The number of H-pyrrole nitrogens is 1. The highest BCUT2D eigenvalue weighted by Gasteiger charge is 2.32. The van der Waals surface area contributed by atoms with Gasteiger partial charge in [-0.3, -0.25) is 0 Å². The van der Waals surface area contributed by atoms with Crippen LogP contribution in [0, 0.1) is 4.77 Å². The van der Waals surface area contributed by atoms with Gasteiger partial charge in [0.15, 0.2) is 14.6 Å². The van der Waals surface area contributed by atoms with Gasteiger partial charge in [-0.15, -0.1) is 0 Å². The van der Waals surface area contributed by atoms with Gasteiger partial charge in [-0.2, -0.15) is 0 Å². The molecule has 0 unspecified atom stereocenters. The number of aromatic amines is 1. The fourth-order valence-corrected chi connectivity index (χ4v) is 2.26. The lowest BCUT2D eigenvalue weighted by Gasteiger charge is -2.27. The molecular formula is C12H22N2O2S2. The molecule has 1 N–H and O–H groups in total. The number of hydrogen-bond donors (Lipinski definition) is 1. The average Bonchev–Trinajstić information content (AvgIpc) is 2.44. The van der Waals surface area contributed by atoms with Gasteiger partial charge in [-0.1, -0.05) is 20.8 Å². The van der Waals surface area contributed by atoms with Crippen LogP contribution >= 0.6 is 12.2 Å². The Morgan fingerprint density at radius 3 is 2.17 bits per heavy atom. The molecule has 104 valence electrons. The summed E-state index contributed by atoms with van der Waals surface area (Å²) < 4.78 is 25.2. The molecule has 6 heteroatoms. The van der Waals surface area contributed by atoms with Crippen molar-refractivity contribution in [3.05, 3.63) is 16.7 Å². The van der Waals surface area contributed by atoms with Crippen LogP contribution in [0.25, 0.3) is 0 Å². The number of imidazole rings is 1. The minimum atomic E-state index is -3.14. The van der Waals surface area contributed by atoms with E-state index >= 15 is 0 Å². The summed E-state index contributed by atoms with van der Waals surface area (Å²) in [6, 6.07) is 0. The van der Waals surface area contributed by atoms with Gasteiger partial charge in [-0.25, -0.2) is 8.42 Å². The van der Waals surface area contributed by atoms with E-state index in [1.807, 2.05) is 10.8 Å². The van der Waals surface area contributed by atoms with Crippen LogP contribution in [0.15, 0.2) is 6.20 Å². The molecule has 0 aromatic carbocycles. The molecule has 0 radical (unpaired) electrons. The fourth-order valence-electron chi connectivity index (χ4n) is 1.67. The van der Waals surface area contributed by atoms with Crippen LogP contribution in [0.3, 0.4) is 0 Å². The lowest BCUT2D eigenvalue weighted by atomic mass is 9.92. The Kier molecular flexibility index (Phi) is 3.85. The molecule has 0 spiro atoms. The molecule has 0 aliphatic carbocycles. The molecule has 1 aromatic rings. The zero-order valence-electron chi connectivity index (χ0n) is 11.9. The Morgan fingerprint density at radius 2 is 1.78 bits per heavy atom. The van der Waals surface area contributed by atoms with Gasteiger partial charge in [0.05, 0.1) is 4.75 Å². The fraction of sp³-hybridized carbons (Fsp3) is 0.750. The summed E-state index contributed by atoms with van der Waals surface area (Å²) in [6.07, 6.45) is 3.13. The first-order chi connectivity index (χ1) is 7.86. The summed E-state index contributed by atoms with van der Waals surface area (Å²) in [6.45, 7) is 10.0. The van der Waals surface area contributed by atoms with E-state index in [0.29, 0.717) is 11.3 Å². The third kappa shape index (κ3) is 3.03. The number of nitrogens with one attached hydrogen (secondary N) is 1. The average molecular weight is 290 g/mol. The number of hydrogen-bond acceptors (Lipinski definition) is 3. The van der Waals surface area contributed by atoms with E-state index in [1.165, 1.54) is 6.26 Å². The molecule has 0 saturated heterocycles. The van der Waals surface area contributed by atoms with Gasteiger partial charge in [0.2, 0.25) is 0 Å². The van der Waals surface area contributed by atoms with Crippen LogP contribution in [0.4, 0.5) is 0 Å². The van der Waals surface area contributed by atoms with Crippen molar-refractivity contribution in [1.82, 2.24) is 9.55 Å². The van der Waals surface area contributed by atoms with Crippen molar-refractivity contribution >= 4 is 22.1 Å². The van der Waals surface area contributed by atoms with E-state index in [-0.39, 0.29) is 5.41 Å². The first kappa shape index (κ1) is 15.4. The van der Waals surface area contributed by atoms with E-state index in [0.717, 1.165) is 5.69 Å². The summed E-state index contributed by atoms with van der Waals surface area (Å²) in [5.74, 6) is 0. The van der Waals surface area contributed by atoms with E-state index in [1.54, 1.807) is 13.8 Å². The lowest BCUT2D eigenvalue weighted by Crippen LogP contribution is -2.37. The van der Waals surface area contributed by atoms with Gasteiger partial charge in [0.1, 0.15) is 0 Å². The number of sulfone groups is 1. The molecule has 4 nitrogen and oxygen atoms in total. The van der Waals surface area contributed by atoms with Crippen LogP contribution < -0.4 is 0 Å². The molecular weight excluding hydrogens is 268 g/mol. The molecule has 0 aliphatic heterocycles. The Bertz CT molecular complexity index is 586. The lowest BCUT2D eigenvalue weighted by molar-refractivity contribution is 0.458. The standard InChI is InChI=1S/C12H22N2O2S2/c1-11(2,3)9-7-13-10(17)14(9)8-12(4,5)18(6,15)16/h7H,8H2,1-6H3,(H,13,17). The quantitative estimate of drug-likeness (QED) is 0.871. The summed E-state index contributed by atoms with van der Waals surface area (Å²) in [7, 11) is -3.14. The van der Waals surface area contributed by atoms with E-state index in [9.17, 15) is 8.42 Å². The second-order valence-electron chi connectivity index (χ2n) is 6.35. The minimum Gasteiger partial charge on any atom is -0.337 e. The van der Waals surface area contributed by atoms with E-state index in [2.05, 4.69) is 25.8 Å². The second-order valence-corrected chi connectivity index (χ2v) is 9.38. The topological polar surface area (TPSA) is 54.9 Å². The Morgan fingerprint density at radius 1 is 1.28 bits per heavy atom. The van der Waals surface area contributed by atoms with Crippen molar-refractivity contribution in [2.75, 3.05) is 6.26 Å². The third-order valence-corrected chi connectivity index (χ3v) is 5.65. The summed E-state index contributed by atoms with van der Waals surface area (Å²) in [5.41, 5.74) is 0.936. The van der Waals surface area contributed by atoms with Gasteiger partial charge in [-0.05, 0) is 26.1 Å². The molecule has 1 aromatic heterocycles. The maximum atomic E-state index is 11.8. The smallest absolute Gasteiger partial charge is 0.177 e. The molecule has 0 saturated carbocycles. The highest BCUT2D eigenvalue weighted by molar-refractivity contribution is 7.92. The summed E-state index contributed by atoms with van der Waals surface area (Å²) in [4.78, 5) is 3.00. The molecule has 0 atom stereocenters. The monoisotopic (exact) mass is 290 g/mol. The van der Waals surface area contributed by atoms with E-state index in [4.69, 9.17) is 12.2 Å². The van der Waals surface area contributed by atoms with Crippen LogP contribution in [0.1, 0.15) is 40.3 Å². The van der Waals surface area contributed by atoms with Gasteiger partial charge in [0.25, 0.3) is 0 Å². The molecule has 0 bridgehead atoms. The zero-order chi connectivity index (χ0) is 14.4. The largest absolute Gasteiger partial charge is 0.337 e. The van der Waals surface area contributed by atoms with E-state index < -0.39 is 14.6 Å². The van der Waals surface area contributed by atoms with Gasteiger partial charge >= 0.3 is 0 Å². The highest BCUT2D eigenvalue weighted by Crippen LogP contribution is 2.26. The first-order valence-corrected chi connectivity index (χ1v) is 8.14. The molecule has 1 rings (SSSR count). The van der Waals surface area contributed by atoms with Crippen molar-refractivity contribution < 1.29 is 8.42 Å². The van der Waals surface area contributed by atoms with Crippen molar-refractivity contribution in [2.45, 2.75) is 51.3 Å². The molecule has 0 fully saturated rings. The van der Waals surface area contributed by atoms with Crippen LogP contribution in [0.2, 0.25) is 0 Å². The predicted octanol–water partition coefficient (Wildman–Crippen LogP) is 2.67. The maximum Gasteiger partial charge on any atom is 0.177 e. The van der Waals surface area contributed by atoms with Crippen molar-refractivity contribution in [1.29, 1.82) is 0 Å². The molecule has 18 heavy (non-hydrogen) atoms. The highest BCUT2D eigenvalue weighted by atomic mass is 32.2. The van der Waals surface area contributed by atoms with Crippen molar-refractivity contribution in [2.24, 2.45) is 0 Å². The number of rotatable bonds is 3. The predicted molar refractivity (Wildman–Crippen MR) is 77.2 cm³/mol. The maximum absolute atomic E-state index is 11.8. The number of nitrogens with zero attached hydrogens (tertiary/aromatic N) is 1. The normalized spacial score (nSPS) is 13.9. The zero-order valence-corrected chi connectivity index (χ0v) is 13.5. The third-order valence-electron chi connectivity index (χ3n) is 3.18. The van der Waals surface area contributed by atoms with Gasteiger partial charge in [0, 0.05) is 30.1 Å². The Labute approximate surface area is 114 Å². The molecule has 1 heterocycles. The van der Waals surface area contributed by atoms with Crippen LogP contribution in [-0.4, -0.2) is 29.0 Å². The van der Waals surface area contributed by atoms with Crippen molar-refractivity contribution in [3.63, 3.8) is 0 Å².